The number of fused-ring (bicyclic) bond motifs is 1. The average molecular weight is 293 g/mol. The van der Waals surface area contributed by atoms with Gasteiger partial charge in [0.15, 0.2) is 11.5 Å². The fourth-order valence-electron chi connectivity index (χ4n) is 2.11. The smallest absolute Gasteiger partial charge is 0.165 e. The van der Waals surface area contributed by atoms with E-state index in [1.807, 2.05) is 0 Å². The van der Waals surface area contributed by atoms with Crippen molar-refractivity contribution in [3.63, 3.8) is 0 Å². The Morgan fingerprint density at radius 3 is 2.90 bits per heavy atom. The molecule has 114 valence electrons. The first-order chi connectivity index (χ1) is 10.0. The van der Waals surface area contributed by atoms with Crippen molar-refractivity contribution in [3.05, 3.63) is 12.7 Å². The van der Waals surface area contributed by atoms with E-state index in [4.69, 9.17) is 11.5 Å². The van der Waals surface area contributed by atoms with Crippen molar-refractivity contribution in [2.45, 2.75) is 19.7 Å². The van der Waals surface area contributed by atoms with Crippen LogP contribution in [0.2, 0.25) is 0 Å². The molecule has 2 rings (SSSR count). The summed E-state index contributed by atoms with van der Waals surface area (Å²) in [6.45, 7) is 2.59. The third kappa shape index (κ3) is 3.51. The maximum absolute atomic E-state index is 11.2. The summed E-state index contributed by atoms with van der Waals surface area (Å²) in [6, 6.07) is 0. The second-order valence-electron chi connectivity index (χ2n) is 4.77. The third-order valence-electron chi connectivity index (χ3n) is 3.05. The highest BCUT2D eigenvalue weighted by Gasteiger charge is 2.18. The SMILES string of the molecule is CC(=O)CN(CCN)C(O)Cn1cnc2c(N)ncnc21. The number of rotatable bonds is 7. The summed E-state index contributed by atoms with van der Waals surface area (Å²) < 4.78 is 1.67. The number of aliphatic hydroxyl groups excluding tert-OH is 1. The van der Waals surface area contributed by atoms with Crippen molar-refractivity contribution in [1.29, 1.82) is 0 Å². The minimum Gasteiger partial charge on any atom is -0.382 e. The van der Waals surface area contributed by atoms with Gasteiger partial charge in [-0.2, -0.15) is 0 Å². The largest absolute Gasteiger partial charge is 0.382 e. The number of Topliss-reactive ketones (excluding diaryl/α,β-unsaturated/α-hetero) is 1. The Labute approximate surface area is 121 Å². The van der Waals surface area contributed by atoms with Gasteiger partial charge in [-0.25, -0.2) is 15.0 Å². The highest BCUT2D eigenvalue weighted by molar-refractivity contribution is 5.81. The van der Waals surface area contributed by atoms with Crippen LogP contribution in [0.4, 0.5) is 5.82 Å². The molecule has 0 fully saturated rings. The molecule has 2 aromatic rings. The number of imidazole rings is 1. The summed E-state index contributed by atoms with van der Waals surface area (Å²) >= 11 is 0. The first kappa shape index (κ1) is 15.3. The van der Waals surface area contributed by atoms with Gasteiger partial charge in [-0.15, -0.1) is 0 Å². The summed E-state index contributed by atoms with van der Waals surface area (Å²) in [6.07, 6.45) is 2.01. The van der Waals surface area contributed by atoms with Gasteiger partial charge in [0.05, 0.1) is 19.4 Å². The molecule has 1 unspecified atom stereocenters. The summed E-state index contributed by atoms with van der Waals surface area (Å²) in [7, 11) is 0. The second-order valence-corrected chi connectivity index (χ2v) is 4.77. The van der Waals surface area contributed by atoms with Crippen molar-refractivity contribution >= 4 is 22.8 Å². The molecule has 0 spiro atoms. The molecular weight excluding hydrogens is 274 g/mol. The van der Waals surface area contributed by atoms with Crippen LogP contribution in [-0.2, 0) is 11.3 Å². The predicted molar refractivity (Wildman–Crippen MR) is 77.1 cm³/mol. The van der Waals surface area contributed by atoms with E-state index in [-0.39, 0.29) is 24.7 Å². The molecule has 0 aliphatic carbocycles. The van der Waals surface area contributed by atoms with Crippen LogP contribution in [0.5, 0.6) is 0 Å². The van der Waals surface area contributed by atoms with Crippen molar-refractivity contribution in [3.8, 4) is 0 Å². The van der Waals surface area contributed by atoms with Crippen LogP contribution < -0.4 is 11.5 Å². The molecular formula is C12H19N7O2. The van der Waals surface area contributed by atoms with Crippen LogP contribution in [0.25, 0.3) is 11.2 Å². The number of ketones is 1. The van der Waals surface area contributed by atoms with Crippen molar-refractivity contribution in [1.82, 2.24) is 24.4 Å². The van der Waals surface area contributed by atoms with E-state index in [1.165, 1.54) is 19.6 Å². The summed E-state index contributed by atoms with van der Waals surface area (Å²) in [4.78, 5) is 25.0. The molecule has 0 saturated carbocycles. The number of hydrogen-bond acceptors (Lipinski definition) is 8. The van der Waals surface area contributed by atoms with Crippen LogP contribution in [0.15, 0.2) is 12.7 Å². The summed E-state index contributed by atoms with van der Waals surface area (Å²) in [5.41, 5.74) is 12.2. The van der Waals surface area contributed by atoms with E-state index in [2.05, 4.69) is 15.0 Å². The van der Waals surface area contributed by atoms with E-state index >= 15 is 0 Å². The van der Waals surface area contributed by atoms with Crippen LogP contribution in [0, 0.1) is 0 Å². The standard InChI is InChI=1S/C12H19N7O2/c1-8(20)4-18(3-2-13)9(21)5-19-7-17-10-11(14)15-6-16-12(10)19/h6-7,9,21H,2-5,13H2,1H3,(H2,14,15,16). The highest BCUT2D eigenvalue weighted by atomic mass is 16.3. The number of carbonyl (C=O) groups is 1. The molecule has 0 aliphatic rings. The number of carbonyl (C=O) groups excluding carboxylic acids is 1. The van der Waals surface area contributed by atoms with Crippen LogP contribution >= 0.6 is 0 Å². The fourth-order valence-corrected chi connectivity index (χ4v) is 2.11. The molecule has 0 bridgehead atoms. The molecule has 0 aliphatic heterocycles. The first-order valence-electron chi connectivity index (χ1n) is 6.56. The van der Waals surface area contributed by atoms with E-state index in [1.54, 1.807) is 9.47 Å². The Balaban J connectivity index is 2.18. The topological polar surface area (TPSA) is 136 Å². The Morgan fingerprint density at radius 2 is 2.24 bits per heavy atom. The van der Waals surface area contributed by atoms with Gasteiger partial charge in [0, 0.05) is 13.1 Å². The van der Waals surface area contributed by atoms with E-state index < -0.39 is 6.23 Å². The quantitative estimate of drug-likeness (QED) is 0.529. The number of hydrogen-bond donors (Lipinski definition) is 3. The summed E-state index contributed by atoms with van der Waals surface area (Å²) in [5, 5.41) is 10.3. The van der Waals surface area contributed by atoms with Gasteiger partial charge in [-0.3, -0.25) is 9.69 Å². The highest BCUT2D eigenvalue weighted by Crippen LogP contribution is 2.15. The number of anilines is 1. The molecule has 1 atom stereocenters. The van der Waals surface area contributed by atoms with Crippen molar-refractivity contribution in [2.75, 3.05) is 25.4 Å². The lowest BCUT2D eigenvalue weighted by Crippen LogP contribution is -2.43. The Kier molecular flexibility index (Phi) is 4.78. The molecule has 0 saturated heterocycles. The third-order valence-corrected chi connectivity index (χ3v) is 3.05. The Hall–Kier alpha value is -2.10. The molecule has 0 aromatic carbocycles. The monoisotopic (exact) mass is 293 g/mol. The minimum absolute atomic E-state index is 0.0374. The van der Waals surface area contributed by atoms with Crippen molar-refractivity contribution in [2.24, 2.45) is 5.73 Å². The van der Waals surface area contributed by atoms with Gasteiger partial charge in [0.25, 0.3) is 0 Å². The number of nitrogen functional groups attached to an aromatic ring is 1. The maximum atomic E-state index is 11.2. The number of aliphatic hydroxyl groups is 1. The van der Waals surface area contributed by atoms with Crippen LogP contribution in [-0.4, -0.2) is 61.2 Å². The van der Waals surface area contributed by atoms with E-state index in [0.717, 1.165) is 0 Å². The maximum Gasteiger partial charge on any atom is 0.165 e. The first-order valence-corrected chi connectivity index (χ1v) is 6.56. The zero-order valence-corrected chi connectivity index (χ0v) is 11.8. The van der Waals surface area contributed by atoms with Gasteiger partial charge in [0.1, 0.15) is 23.9 Å². The molecule has 9 nitrogen and oxygen atoms in total. The molecule has 0 amide bonds. The zero-order chi connectivity index (χ0) is 15.4. The minimum atomic E-state index is -0.869. The molecule has 2 heterocycles. The lowest BCUT2D eigenvalue weighted by atomic mass is 10.3. The molecule has 9 heteroatoms. The van der Waals surface area contributed by atoms with E-state index in [9.17, 15) is 9.90 Å². The van der Waals surface area contributed by atoms with Gasteiger partial charge in [-0.05, 0) is 6.92 Å². The molecule has 5 N–H and O–H groups in total. The number of nitrogens with two attached hydrogens (primary N) is 2. The zero-order valence-electron chi connectivity index (χ0n) is 11.8. The van der Waals surface area contributed by atoms with Gasteiger partial charge >= 0.3 is 0 Å². The second kappa shape index (κ2) is 6.57. The number of nitrogens with zero attached hydrogens (tertiary/aromatic N) is 5. The molecule has 2 aromatic heterocycles. The van der Waals surface area contributed by atoms with Gasteiger partial charge in [0.2, 0.25) is 0 Å². The van der Waals surface area contributed by atoms with E-state index in [0.29, 0.717) is 24.3 Å². The summed E-state index contributed by atoms with van der Waals surface area (Å²) in [5.74, 6) is 0.250. The lowest BCUT2D eigenvalue weighted by Gasteiger charge is -2.26. The normalized spacial score (nSPS) is 13.0. The van der Waals surface area contributed by atoms with Crippen molar-refractivity contribution < 1.29 is 9.90 Å². The fraction of sp³-hybridized carbons (Fsp3) is 0.500. The number of aromatic nitrogens is 4. The van der Waals surface area contributed by atoms with Gasteiger partial charge < -0.3 is 21.1 Å². The Bertz CT molecular complexity index is 627. The van der Waals surface area contributed by atoms with Crippen LogP contribution in [0.3, 0.4) is 0 Å². The Morgan fingerprint density at radius 1 is 1.48 bits per heavy atom. The lowest BCUT2D eigenvalue weighted by molar-refractivity contribution is -0.121. The average Bonchev–Trinajstić information content (AvgIpc) is 2.82. The molecule has 0 radical (unpaired) electrons. The van der Waals surface area contributed by atoms with Crippen LogP contribution in [0.1, 0.15) is 6.92 Å². The molecule has 21 heavy (non-hydrogen) atoms. The predicted octanol–water partition coefficient (Wildman–Crippen LogP) is -1.42. The van der Waals surface area contributed by atoms with Gasteiger partial charge in [-0.1, -0.05) is 0 Å².